The van der Waals surface area contributed by atoms with Crippen LogP contribution < -0.4 is 0 Å². The molecule has 19 heavy (non-hydrogen) atoms. The Kier molecular flexibility index (Phi) is 1.64. The standard InChI is InChI=1S/C17H9NS/c1-2-5-12-10(4-1)11-6-3-7-13-15(11)16-14(19-13)8-9-18-17(12)16/h1-9H. The van der Waals surface area contributed by atoms with Gasteiger partial charge in [0, 0.05) is 31.8 Å². The Bertz CT molecular complexity index is 974. The van der Waals surface area contributed by atoms with Crippen LogP contribution in [0, 0.1) is 0 Å². The summed E-state index contributed by atoms with van der Waals surface area (Å²) < 4.78 is 2.69. The summed E-state index contributed by atoms with van der Waals surface area (Å²) >= 11 is 1.86. The highest BCUT2D eigenvalue weighted by Gasteiger charge is 2.15. The first-order chi connectivity index (χ1) is 9.43. The van der Waals surface area contributed by atoms with E-state index in [1.807, 2.05) is 17.5 Å². The number of thiophene rings is 1. The minimum atomic E-state index is 1.14. The molecule has 0 bridgehead atoms. The molecular formula is C17H9NS. The second-order valence-electron chi connectivity index (χ2n) is 4.86. The molecule has 0 aliphatic rings. The molecule has 0 amide bonds. The third kappa shape index (κ3) is 1.08. The Balaban J connectivity index is 2.34. The summed E-state index contributed by atoms with van der Waals surface area (Å²) in [7, 11) is 0. The highest BCUT2D eigenvalue weighted by molar-refractivity contribution is 7.26. The second kappa shape index (κ2) is 3.22. The fourth-order valence-electron chi connectivity index (χ4n) is 3.12. The van der Waals surface area contributed by atoms with Gasteiger partial charge < -0.3 is 0 Å². The predicted octanol–water partition coefficient (Wildman–Crippen LogP) is 5.19. The van der Waals surface area contributed by atoms with Crippen molar-refractivity contribution in [1.29, 1.82) is 0 Å². The molecule has 5 rings (SSSR count). The molecule has 0 aliphatic heterocycles. The Morgan fingerprint density at radius 2 is 1.47 bits per heavy atom. The number of hydrogen-bond donors (Lipinski definition) is 0. The van der Waals surface area contributed by atoms with Crippen LogP contribution in [0.2, 0.25) is 0 Å². The Morgan fingerprint density at radius 1 is 0.684 bits per heavy atom. The minimum Gasteiger partial charge on any atom is -0.255 e. The van der Waals surface area contributed by atoms with Gasteiger partial charge in [-0.25, -0.2) is 0 Å². The van der Waals surface area contributed by atoms with Gasteiger partial charge in [-0.1, -0.05) is 36.4 Å². The lowest BCUT2D eigenvalue weighted by Crippen LogP contribution is -1.83. The van der Waals surface area contributed by atoms with Crippen molar-refractivity contribution in [3.63, 3.8) is 0 Å². The molecule has 2 aromatic heterocycles. The number of aromatic nitrogens is 1. The molecule has 0 fully saturated rings. The zero-order chi connectivity index (χ0) is 12.4. The van der Waals surface area contributed by atoms with Crippen LogP contribution >= 0.6 is 11.3 Å². The van der Waals surface area contributed by atoms with Crippen molar-refractivity contribution in [2.75, 3.05) is 0 Å². The van der Waals surface area contributed by atoms with Crippen LogP contribution in [-0.2, 0) is 0 Å². The maximum Gasteiger partial charge on any atom is 0.0801 e. The summed E-state index contributed by atoms with van der Waals surface area (Å²) in [6.07, 6.45) is 1.93. The maximum atomic E-state index is 4.64. The molecule has 0 spiro atoms. The SMILES string of the molecule is c1ccc2c(c1)c1cccc3sc4ccnc2c4c31. The Morgan fingerprint density at radius 3 is 2.42 bits per heavy atom. The van der Waals surface area contributed by atoms with E-state index in [1.54, 1.807) is 0 Å². The smallest absolute Gasteiger partial charge is 0.0801 e. The maximum absolute atomic E-state index is 4.64. The molecule has 0 saturated heterocycles. The van der Waals surface area contributed by atoms with Crippen LogP contribution in [0.15, 0.2) is 54.7 Å². The van der Waals surface area contributed by atoms with E-state index in [2.05, 4.69) is 53.5 Å². The van der Waals surface area contributed by atoms with Gasteiger partial charge in [-0.05, 0) is 22.9 Å². The molecule has 0 unspecified atom stereocenters. The first kappa shape index (κ1) is 9.70. The highest BCUT2D eigenvalue weighted by atomic mass is 32.1. The van der Waals surface area contributed by atoms with Gasteiger partial charge in [0.1, 0.15) is 0 Å². The molecule has 3 aromatic carbocycles. The number of pyridine rings is 1. The predicted molar refractivity (Wildman–Crippen MR) is 83.3 cm³/mol. The molecule has 2 heteroatoms. The quantitative estimate of drug-likeness (QED) is 0.349. The molecule has 0 saturated carbocycles. The van der Waals surface area contributed by atoms with Gasteiger partial charge in [0.25, 0.3) is 0 Å². The summed E-state index contributed by atoms with van der Waals surface area (Å²) in [5.41, 5.74) is 1.14. The van der Waals surface area contributed by atoms with Gasteiger partial charge in [0.05, 0.1) is 5.52 Å². The third-order valence-electron chi connectivity index (χ3n) is 3.88. The van der Waals surface area contributed by atoms with E-state index < -0.39 is 0 Å². The summed E-state index contributed by atoms with van der Waals surface area (Å²) in [6, 6.07) is 17.3. The van der Waals surface area contributed by atoms with Crippen LogP contribution in [0.25, 0.3) is 41.8 Å². The number of rotatable bonds is 0. The molecule has 0 aliphatic carbocycles. The van der Waals surface area contributed by atoms with Crippen molar-refractivity contribution in [3.05, 3.63) is 54.7 Å². The van der Waals surface area contributed by atoms with Gasteiger partial charge in [-0.3, -0.25) is 4.98 Å². The van der Waals surface area contributed by atoms with Crippen molar-refractivity contribution in [1.82, 2.24) is 4.98 Å². The number of nitrogens with zero attached hydrogens (tertiary/aromatic N) is 1. The van der Waals surface area contributed by atoms with E-state index in [1.165, 1.54) is 36.3 Å². The lowest BCUT2D eigenvalue weighted by atomic mass is 9.97. The summed E-state index contributed by atoms with van der Waals surface area (Å²) in [6.45, 7) is 0. The van der Waals surface area contributed by atoms with E-state index >= 15 is 0 Å². The van der Waals surface area contributed by atoms with Crippen molar-refractivity contribution in [2.24, 2.45) is 0 Å². The van der Waals surface area contributed by atoms with Gasteiger partial charge in [0.2, 0.25) is 0 Å². The van der Waals surface area contributed by atoms with E-state index in [0.717, 1.165) is 5.52 Å². The average Bonchev–Trinajstić information content (AvgIpc) is 2.86. The lowest BCUT2D eigenvalue weighted by molar-refractivity contribution is 1.45. The first-order valence-electron chi connectivity index (χ1n) is 6.33. The van der Waals surface area contributed by atoms with Gasteiger partial charge in [-0.15, -0.1) is 11.3 Å². The lowest BCUT2D eigenvalue weighted by Gasteiger charge is -2.07. The average molecular weight is 259 g/mol. The molecule has 0 radical (unpaired) electrons. The topological polar surface area (TPSA) is 12.9 Å². The van der Waals surface area contributed by atoms with Gasteiger partial charge in [-0.2, -0.15) is 0 Å². The molecule has 88 valence electrons. The summed E-state index contributed by atoms with van der Waals surface area (Å²) in [4.78, 5) is 4.64. The summed E-state index contributed by atoms with van der Waals surface area (Å²) in [5, 5.41) is 6.62. The molecule has 2 heterocycles. The molecule has 0 N–H and O–H groups in total. The summed E-state index contributed by atoms with van der Waals surface area (Å²) in [5.74, 6) is 0. The fraction of sp³-hybridized carbons (Fsp3) is 0. The van der Waals surface area contributed by atoms with Gasteiger partial charge in [0.15, 0.2) is 0 Å². The molecule has 1 nitrogen and oxygen atoms in total. The van der Waals surface area contributed by atoms with Crippen LogP contribution in [-0.4, -0.2) is 4.98 Å². The Labute approximate surface area is 113 Å². The van der Waals surface area contributed by atoms with Crippen molar-refractivity contribution in [2.45, 2.75) is 0 Å². The Hall–Kier alpha value is -2.19. The van der Waals surface area contributed by atoms with Gasteiger partial charge >= 0.3 is 0 Å². The van der Waals surface area contributed by atoms with E-state index in [9.17, 15) is 0 Å². The van der Waals surface area contributed by atoms with Crippen LogP contribution in [0.4, 0.5) is 0 Å². The van der Waals surface area contributed by atoms with Crippen LogP contribution in [0.1, 0.15) is 0 Å². The van der Waals surface area contributed by atoms with Crippen LogP contribution in [0.3, 0.4) is 0 Å². The van der Waals surface area contributed by atoms with E-state index in [4.69, 9.17) is 0 Å². The number of hydrogen-bond acceptors (Lipinski definition) is 2. The fourth-order valence-corrected chi connectivity index (χ4v) is 4.24. The molecular weight excluding hydrogens is 250 g/mol. The minimum absolute atomic E-state index is 1.14. The van der Waals surface area contributed by atoms with Crippen LogP contribution in [0.5, 0.6) is 0 Å². The molecule has 5 aromatic rings. The second-order valence-corrected chi connectivity index (χ2v) is 5.94. The molecule has 0 atom stereocenters. The number of fused-ring (bicyclic) bond motifs is 3. The van der Waals surface area contributed by atoms with E-state index in [-0.39, 0.29) is 0 Å². The zero-order valence-corrected chi connectivity index (χ0v) is 10.9. The highest BCUT2D eigenvalue weighted by Crippen LogP contribution is 2.43. The number of benzene rings is 3. The third-order valence-corrected chi connectivity index (χ3v) is 5.00. The van der Waals surface area contributed by atoms with Crippen molar-refractivity contribution in [3.8, 4) is 0 Å². The zero-order valence-electron chi connectivity index (χ0n) is 10.1. The van der Waals surface area contributed by atoms with Crippen molar-refractivity contribution >= 4 is 53.2 Å². The normalized spacial score (nSPS) is 12.2. The monoisotopic (exact) mass is 259 g/mol. The largest absolute Gasteiger partial charge is 0.255 e. The first-order valence-corrected chi connectivity index (χ1v) is 7.15. The van der Waals surface area contributed by atoms with E-state index in [0.29, 0.717) is 0 Å². The van der Waals surface area contributed by atoms with Crippen molar-refractivity contribution < 1.29 is 0 Å².